The van der Waals surface area contributed by atoms with Gasteiger partial charge in [0.05, 0.1) is 14.2 Å². The van der Waals surface area contributed by atoms with E-state index in [0.29, 0.717) is 11.1 Å². The molecule has 1 unspecified atom stereocenters. The molecule has 26 heavy (non-hydrogen) atoms. The van der Waals surface area contributed by atoms with Crippen molar-refractivity contribution in [2.45, 2.75) is 11.8 Å². The van der Waals surface area contributed by atoms with Crippen LogP contribution >= 0.6 is 15.9 Å². The van der Waals surface area contributed by atoms with Crippen molar-refractivity contribution in [1.82, 2.24) is 0 Å². The molecule has 0 saturated carbocycles. The number of methoxy groups -OCH3 is 2. The summed E-state index contributed by atoms with van der Waals surface area (Å²) in [4.78, 5) is 29.8. The number of esters is 2. The van der Waals surface area contributed by atoms with Crippen molar-refractivity contribution in [3.05, 3.63) is 70.2 Å². The minimum atomic E-state index is -2.08. The number of benzene rings is 2. The van der Waals surface area contributed by atoms with Crippen LogP contribution in [0.15, 0.2) is 64.1 Å². The molecule has 0 fully saturated rings. The summed E-state index contributed by atoms with van der Waals surface area (Å²) in [5.41, 5.74) is -0.660. The molecule has 2 aromatic carbocycles. The molecule has 1 aliphatic rings. The first-order valence-corrected chi connectivity index (χ1v) is 8.56. The average Bonchev–Trinajstić information content (AvgIpc) is 3.09. The number of carbonyl (C=O) groups excluding carboxylic acids is 2. The summed E-state index contributed by atoms with van der Waals surface area (Å²) in [5.74, 6) is -1.77. The Hall–Kier alpha value is -2.51. The molecule has 6 nitrogen and oxygen atoms in total. The fraction of sp³-hybridized carbons (Fsp3) is 0.211. The second kappa shape index (κ2) is 7.39. The van der Waals surface area contributed by atoms with Crippen LogP contribution in [0.5, 0.6) is 0 Å². The van der Waals surface area contributed by atoms with Gasteiger partial charge in [0, 0.05) is 10.0 Å². The van der Waals surface area contributed by atoms with Crippen LogP contribution in [-0.4, -0.2) is 37.5 Å². The van der Waals surface area contributed by atoms with Crippen LogP contribution in [0.3, 0.4) is 0 Å². The number of ether oxygens (including phenoxy) is 3. The van der Waals surface area contributed by atoms with Crippen molar-refractivity contribution in [1.29, 1.82) is 0 Å². The number of carbonyl (C=O) groups is 2. The first kappa shape index (κ1) is 18.3. The van der Waals surface area contributed by atoms with Gasteiger partial charge >= 0.3 is 17.5 Å². The molecule has 2 aromatic rings. The molecule has 1 atom stereocenters. The maximum absolute atomic E-state index is 12.6. The maximum Gasteiger partial charge on any atom is 0.356 e. The third kappa shape index (κ3) is 3.04. The zero-order valence-corrected chi connectivity index (χ0v) is 15.7. The van der Waals surface area contributed by atoms with E-state index in [-0.39, 0.29) is 5.71 Å². The summed E-state index contributed by atoms with van der Waals surface area (Å²) >= 11 is 3.37. The van der Waals surface area contributed by atoms with E-state index in [9.17, 15) is 9.59 Å². The quantitative estimate of drug-likeness (QED) is 0.564. The third-order valence-electron chi connectivity index (χ3n) is 4.02. The van der Waals surface area contributed by atoms with Gasteiger partial charge in [-0.1, -0.05) is 58.4 Å². The molecule has 0 N–H and O–H groups in total. The Morgan fingerprint density at radius 3 is 2.12 bits per heavy atom. The summed E-state index contributed by atoms with van der Waals surface area (Å²) in [6.07, 6.45) is -0.850. The van der Waals surface area contributed by atoms with Gasteiger partial charge in [0.1, 0.15) is 5.71 Å². The Balaban J connectivity index is 2.16. The molecular weight excluding hydrogens is 402 g/mol. The minimum Gasteiger partial charge on any atom is -0.466 e. The Morgan fingerprint density at radius 2 is 1.58 bits per heavy atom. The van der Waals surface area contributed by atoms with Crippen LogP contribution in [0, 0.1) is 0 Å². The lowest BCUT2D eigenvalue weighted by atomic mass is 9.92. The fourth-order valence-electron chi connectivity index (χ4n) is 2.76. The summed E-state index contributed by atoms with van der Waals surface area (Å²) in [6.45, 7) is 0. The van der Waals surface area contributed by atoms with Gasteiger partial charge in [0.25, 0.3) is 0 Å². The van der Waals surface area contributed by atoms with Gasteiger partial charge in [0.15, 0.2) is 6.23 Å². The Kier molecular flexibility index (Phi) is 5.20. The lowest BCUT2D eigenvalue weighted by molar-refractivity contribution is -0.180. The molecule has 0 spiro atoms. The molecule has 1 heterocycles. The van der Waals surface area contributed by atoms with Gasteiger partial charge in [-0.2, -0.15) is 0 Å². The van der Waals surface area contributed by atoms with Crippen LogP contribution in [-0.2, 0) is 23.8 Å². The highest BCUT2D eigenvalue weighted by Crippen LogP contribution is 2.38. The molecule has 0 amide bonds. The van der Waals surface area contributed by atoms with E-state index >= 15 is 0 Å². The Morgan fingerprint density at radius 1 is 1.00 bits per heavy atom. The first-order valence-electron chi connectivity index (χ1n) is 7.76. The first-order chi connectivity index (χ1) is 12.5. The highest BCUT2D eigenvalue weighted by atomic mass is 79.9. The molecule has 1 aliphatic heterocycles. The summed E-state index contributed by atoms with van der Waals surface area (Å²) in [7, 11) is 2.37. The zero-order valence-electron chi connectivity index (χ0n) is 14.1. The van der Waals surface area contributed by atoms with Crippen LogP contribution < -0.4 is 0 Å². The van der Waals surface area contributed by atoms with E-state index in [1.807, 2.05) is 18.2 Å². The molecule has 3 rings (SSSR count). The predicted molar refractivity (Wildman–Crippen MR) is 97.7 cm³/mol. The van der Waals surface area contributed by atoms with Crippen molar-refractivity contribution in [2.24, 2.45) is 4.99 Å². The molecule has 0 radical (unpaired) electrons. The number of nitrogens with zero attached hydrogens (tertiary/aromatic N) is 1. The lowest BCUT2D eigenvalue weighted by Crippen LogP contribution is -2.54. The van der Waals surface area contributed by atoms with Crippen molar-refractivity contribution < 1.29 is 23.8 Å². The number of aliphatic imine (C=N–C) groups is 1. The number of rotatable bonds is 4. The SMILES string of the molecule is COC(=O)C1(C(=O)OC)OC(c2ccc(Br)cc2)N=C1c1ccccc1. The van der Waals surface area contributed by atoms with E-state index in [1.165, 1.54) is 14.2 Å². The smallest absolute Gasteiger partial charge is 0.356 e. The van der Waals surface area contributed by atoms with Crippen molar-refractivity contribution in [3.8, 4) is 0 Å². The molecule has 0 bridgehead atoms. The van der Waals surface area contributed by atoms with Crippen LogP contribution in [0.4, 0.5) is 0 Å². The topological polar surface area (TPSA) is 74.2 Å². The predicted octanol–water partition coefficient (Wildman–Crippen LogP) is 3.05. The average molecular weight is 418 g/mol. The van der Waals surface area contributed by atoms with E-state index in [4.69, 9.17) is 14.2 Å². The molecule has 0 saturated heterocycles. The highest BCUT2D eigenvalue weighted by molar-refractivity contribution is 9.10. The normalized spacial score (nSPS) is 18.1. The largest absolute Gasteiger partial charge is 0.466 e. The van der Waals surface area contributed by atoms with Crippen LogP contribution in [0.2, 0.25) is 0 Å². The second-order valence-corrected chi connectivity index (χ2v) is 6.45. The molecule has 0 aromatic heterocycles. The van der Waals surface area contributed by atoms with Gasteiger partial charge < -0.3 is 14.2 Å². The van der Waals surface area contributed by atoms with Gasteiger partial charge in [-0.15, -0.1) is 0 Å². The second-order valence-electron chi connectivity index (χ2n) is 5.53. The molecule has 134 valence electrons. The van der Waals surface area contributed by atoms with E-state index in [0.717, 1.165) is 4.47 Å². The van der Waals surface area contributed by atoms with Gasteiger partial charge in [0.2, 0.25) is 0 Å². The Bertz CT molecular complexity index is 832. The number of hydrogen-bond acceptors (Lipinski definition) is 6. The van der Waals surface area contributed by atoms with Gasteiger partial charge in [-0.3, -0.25) is 0 Å². The Labute approximate surface area is 158 Å². The van der Waals surface area contributed by atoms with Crippen LogP contribution in [0.25, 0.3) is 0 Å². The fourth-order valence-corrected chi connectivity index (χ4v) is 3.03. The van der Waals surface area contributed by atoms with E-state index < -0.39 is 23.8 Å². The van der Waals surface area contributed by atoms with E-state index in [2.05, 4.69) is 20.9 Å². The van der Waals surface area contributed by atoms with Crippen LogP contribution in [0.1, 0.15) is 17.4 Å². The summed E-state index contributed by atoms with van der Waals surface area (Å²) in [6, 6.07) is 16.1. The monoisotopic (exact) mass is 417 g/mol. The summed E-state index contributed by atoms with van der Waals surface area (Å²) in [5, 5.41) is 0. The van der Waals surface area contributed by atoms with Gasteiger partial charge in [-0.05, 0) is 17.7 Å². The lowest BCUT2D eigenvalue weighted by Gasteiger charge is -2.25. The minimum absolute atomic E-state index is 0.157. The van der Waals surface area contributed by atoms with Crippen molar-refractivity contribution >= 4 is 33.6 Å². The standard InChI is InChI=1S/C19H16BrNO5/c1-24-17(22)19(18(23)25-2)15(12-6-4-3-5-7-12)21-16(26-19)13-8-10-14(20)11-9-13/h3-11,16H,1-2H3. The van der Waals surface area contributed by atoms with E-state index in [1.54, 1.807) is 36.4 Å². The molecule has 0 aliphatic carbocycles. The maximum atomic E-state index is 12.6. The molecular formula is C19H16BrNO5. The van der Waals surface area contributed by atoms with Crippen molar-refractivity contribution in [2.75, 3.05) is 14.2 Å². The number of halogens is 1. The van der Waals surface area contributed by atoms with Gasteiger partial charge in [-0.25, -0.2) is 14.6 Å². The summed E-state index contributed by atoms with van der Waals surface area (Å²) < 4.78 is 16.5. The zero-order chi connectivity index (χ0) is 18.7. The van der Waals surface area contributed by atoms with Crippen molar-refractivity contribution in [3.63, 3.8) is 0 Å². The number of hydrogen-bond donors (Lipinski definition) is 0. The third-order valence-corrected chi connectivity index (χ3v) is 4.54. The molecule has 7 heteroatoms. The highest BCUT2D eigenvalue weighted by Gasteiger charge is 2.60.